The Morgan fingerprint density at radius 2 is 2.10 bits per heavy atom. The molecule has 3 aliphatic rings. The molecule has 0 spiro atoms. The number of rotatable bonds is 6. The van der Waals surface area contributed by atoms with Crippen LogP contribution in [0.15, 0.2) is 47.3 Å². The van der Waals surface area contributed by atoms with Crippen molar-refractivity contribution in [1.29, 1.82) is 0 Å². The zero-order valence-electron chi connectivity index (χ0n) is 17.0. The Labute approximate surface area is 173 Å². The van der Waals surface area contributed by atoms with Crippen molar-refractivity contribution in [2.45, 2.75) is 55.4 Å². The summed E-state index contributed by atoms with van der Waals surface area (Å²) in [6, 6.07) is 3.38. The van der Waals surface area contributed by atoms with Gasteiger partial charge < -0.3 is 14.4 Å². The summed E-state index contributed by atoms with van der Waals surface area (Å²) < 4.78 is 37.6. The maximum Gasteiger partial charge on any atom is 0.205 e. The molecule has 3 atom stereocenters. The Balaban J connectivity index is 1.30. The number of piperidine rings is 1. The van der Waals surface area contributed by atoms with Crippen LogP contribution in [0.25, 0.3) is 0 Å². The normalized spacial score (nSPS) is 28.9. The third-order valence-electron chi connectivity index (χ3n) is 6.08. The van der Waals surface area contributed by atoms with Gasteiger partial charge in [-0.1, -0.05) is 12.5 Å². The van der Waals surface area contributed by atoms with Gasteiger partial charge in [-0.3, -0.25) is 0 Å². The highest BCUT2D eigenvalue weighted by Gasteiger charge is 2.43. The minimum atomic E-state index is -3.49. The molecular formula is C22H30N2O4S. The van der Waals surface area contributed by atoms with Crippen molar-refractivity contribution >= 4 is 9.84 Å². The van der Waals surface area contributed by atoms with Crippen LogP contribution in [0.2, 0.25) is 0 Å². The molecule has 1 aromatic rings. The smallest absolute Gasteiger partial charge is 0.205 e. The number of pyridine rings is 1. The molecule has 29 heavy (non-hydrogen) atoms. The highest BCUT2D eigenvalue weighted by molar-refractivity contribution is 7.92. The minimum absolute atomic E-state index is 0.00571. The quantitative estimate of drug-likeness (QED) is 0.660. The van der Waals surface area contributed by atoms with Crippen molar-refractivity contribution in [1.82, 2.24) is 9.88 Å². The van der Waals surface area contributed by atoms with E-state index in [1.54, 1.807) is 19.1 Å². The second kappa shape index (κ2) is 8.88. The van der Waals surface area contributed by atoms with Gasteiger partial charge in [-0.15, -0.1) is 0 Å². The van der Waals surface area contributed by atoms with E-state index in [0.29, 0.717) is 18.8 Å². The maximum atomic E-state index is 12.8. The zero-order chi connectivity index (χ0) is 20.3. The summed E-state index contributed by atoms with van der Waals surface area (Å²) in [6.45, 7) is 5.94. The Morgan fingerprint density at radius 3 is 2.86 bits per heavy atom. The van der Waals surface area contributed by atoms with Gasteiger partial charge in [-0.25, -0.2) is 13.4 Å². The fourth-order valence-corrected chi connectivity index (χ4v) is 5.91. The number of likely N-dealkylation sites (tertiary alicyclic amines) is 1. The van der Waals surface area contributed by atoms with Crippen LogP contribution in [-0.2, 0) is 14.6 Å². The number of sulfone groups is 1. The van der Waals surface area contributed by atoms with Gasteiger partial charge in [0.1, 0.15) is 17.1 Å². The largest absolute Gasteiger partial charge is 0.494 e. The van der Waals surface area contributed by atoms with Crippen molar-refractivity contribution in [2.75, 3.05) is 26.2 Å². The van der Waals surface area contributed by atoms with E-state index in [2.05, 4.69) is 9.88 Å². The van der Waals surface area contributed by atoms with Gasteiger partial charge in [0.05, 0.1) is 6.61 Å². The van der Waals surface area contributed by atoms with Crippen LogP contribution in [0, 0.1) is 5.92 Å². The fourth-order valence-electron chi connectivity index (χ4n) is 4.34. The predicted molar refractivity (Wildman–Crippen MR) is 111 cm³/mol. The van der Waals surface area contributed by atoms with E-state index in [-0.39, 0.29) is 10.9 Å². The first-order valence-corrected chi connectivity index (χ1v) is 12.2. The molecule has 0 N–H and O–H groups in total. The third kappa shape index (κ3) is 4.51. The molecule has 1 saturated heterocycles. The summed E-state index contributed by atoms with van der Waals surface area (Å²) in [7, 11) is -3.49. The minimum Gasteiger partial charge on any atom is -0.494 e. The third-order valence-corrected chi connectivity index (χ3v) is 8.17. The van der Waals surface area contributed by atoms with Gasteiger partial charge in [0.25, 0.3) is 0 Å². The van der Waals surface area contributed by atoms with Gasteiger partial charge in [0, 0.05) is 18.7 Å². The van der Waals surface area contributed by atoms with Gasteiger partial charge in [-0.05, 0) is 70.0 Å². The molecule has 0 aromatic carbocycles. The monoisotopic (exact) mass is 418 g/mol. The Hall–Kier alpha value is -1.86. The maximum absolute atomic E-state index is 12.8. The molecule has 2 aliphatic heterocycles. The van der Waals surface area contributed by atoms with Crippen LogP contribution < -0.4 is 4.74 Å². The molecule has 3 heterocycles. The number of hydrogen-bond donors (Lipinski definition) is 0. The molecule has 0 bridgehead atoms. The summed E-state index contributed by atoms with van der Waals surface area (Å²) in [5, 5.41) is -0.586. The van der Waals surface area contributed by atoms with Crippen LogP contribution in [0.1, 0.15) is 39.0 Å². The summed E-state index contributed by atoms with van der Waals surface area (Å²) in [5.41, 5.74) is 0. The molecule has 1 fully saturated rings. The summed E-state index contributed by atoms with van der Waals surface area (Å²) in [4.78, 5) is 6.54. The molecule has 4 rings (SSSR count). The molecule has 7 heteroatoms. The highest BCUT2D eigenvalue weighted by atomic mass is 32.2. The van der Waals surface area contributed by atoms with Gasteiger partial charge in [0.15, 0.2) is 10.8 Å². The van der Waals surface area contributed by atoms with E-state index in [1.807, 2.05) is 18.2 Å². The highest BCUT2D eigenvalue weighted by Crippen LogP contribution is 2.37. The first kappa shape index (κ1) is 20.4. The standard InChI is InChI=1S/C22H30N2O4S/c1-17-21(28-20-7-5-12-23-22(20)29(17,25)26)18-8-10-19(11-9-18)27-16-6-15-24-13-3-2-4-14-24/h5,7-8,10-12,17-18,21H,2-4,6,9,13-16H2,1H3/t17-,18?,21+/m0/s1. The van der Waals surface area contributed by atoms with Crippen LogP contribution in [0.3, 0.4) is 0 Å². The molecule has 1 aromatic heterocycles. The molecular weight excluding hydrogens is 388 g/mol. The van der Waals surface area contributed by atoms with Crippen LogP contribution in [0.5, 0.6) is 5.75 Å². The summed E-state index contributed by atoms with van der Waals surface area (Å²) >= 11 is 0. The molecule has 0 saturated carbocycles. The van der Waals surface area contributed by atoms with E-state index >= 15 is 0 Å². The zero-order valence-corrected chi connectivity index (χ0v) is 17.8. The predicted octanol–water partition coefficient (Wildman–Crippen LogP) is 3.36. The summed E-state index contributed by atoms with van der Waals surface area (Å²) in [5.74, 6) is 1.22. The van der Waals surface area contributed by atoms with Crippen LogP contribution in [0.4, 0.5) is 0 Å². The first-order chi connectivity index (χ1) is 14.1. The number of nitrogens with zero attached hydrogens (tertiary/aromatic N) is 2. The Kier molecular flexibility index (Phi) is 6.25. The van der Waals surface area contributed by atoms with Crippen LogP contribution >= 0.6 is 0 Å². The number of ether oxygens (including phenoxy) is 2. The van der Waals surface area contributed by atoms with Gasteiger partial charge in [-0.2, -0.15) is 0 Å². The van der Waals surface area contributed by atoms with Crippen molar-refractivity contribution in [3.05, 3.63) is 42.3 Å². The lowest BCUT2D eigenvalue weighted by molar-refractivity contribution is 0.137. The van der Waals surface area contributed by atoms with E-state index in [4.69, 9.17) is 9.47 Å². The van der Waals surface area contributed by atoms with Crippen molar-refractivity contribution in [3.63, 3.8) is 0 Å². The second-order valence-electron chi connectivity index (χ2n) is 8.11. The van der Waals surface area contributed by atoms with Crippen molar-refractivity contribution in [3.8, 4) is 5.75 Å². The Bertz CT molecular complexity index is 875. The SMILES string of the molecule is C[C@H]1[C@H](C2C=CC(OCCCN3CCCCC3)=CC2)Oc2cccnc2S1(=O)=O. The second-order valence-corrected chi connectivity index (χ2v) is 10.3. The number of hydrogen-bond acceptors (Lipinski definition) is 6. The molecule has 0 radical (unpaired) electrons. The van der Waals surface area contributed by atoms with Gasteiger partial charge >= 0.3 is 0 Å². The number of aromatic nitrogens is 1. The average molecular weight is 419 g/mol. The summed E-state index contributed by atoms with van der Waals surface area (Å²) in [6.07, 6.45) is 12.8. The molecule has 6 nitrogen and oxygen atoms in total. The van der Waals surface area contributed by atoms with E-state index in [1.165, 1.54) is 38.5 Å². The lowest BCUT2D eigenvalue weighted by atomic mass is 9.92. The average Bonchev–Trinajstić information content (AvgIpc) is 2.75. The van der Waals surface area contributed by atoms with Crippen molar-refractivity contribution < 1.29 is 17.9 Å². The van der Waals surface area contributed by atoms with Crippen LogP contribution in [-0.4, -0.2) is 55.9 Å². The molecule has 1 unspecified atom stereocenters. The molecule has 158 valence electrons. The lowest BCUT2D eigenvalue weighted by Crippen LogP contribution is -2.45. The Morgan fingerprint density at radius 1 is 1.28 bits per heavy atom. The van der Waals surface area contributed by atoms with E-state index in [9.17, 15) is 8.42 Å². The number of allylic oxidation sites excluding steroid dienone is 2. The van der Waals surface area contributed by atoms with E-state index in [0.717, 1.165) is 18.7 Å². The first-order valence-electron chi connectivity index (χ1n) is 10.6. The van der Waals surface area contributed by atoms with Gasteiger partial charge in [0.2, 0.25) is 9.84 Å². The molecule has 1 aliphatic carbocycles. The lowest BCUT2D eigenvalue weighted by Gasteiger charge is -2.35. The molecule has 0 amide bonds. The number of fused-ring (bicyclic) bond motifs is 1. The van der Waals surface area contributed by atoms with Crippen molar-refractivity contribution in [2.24, 2.45) is 5.92 Å². The fraction of sp³-hybridized carbons (Fsp3) is 0.591. The topological polar surface area (TPSA) is 68.7 Å². The van der Waals surface area contributed by atoms with E-state index < -0.39 is 21.2 Å².